The minimum Gasteiger partial charge on any atom is -0.491 e. The Bertz CT molecular complexity index is 871. The quantitative estimate of drug-likeness (QED) is 0.679. The van der Waals surface area contributed by atoms with Gasteiger partial charge in [-0.05, 0) is 74.2 Å². The second-order valence-corrected chi connectivity index (χ2v) is 7.95. The summed E-state index contributed by atoms with van der Waals surface area (Å²) in [7, 11) is 0. The van der Waals surface area contributed by atoms with E-state index in [-0.39, 0.29) is 24.5 Å². The molecular weight excluding hydrogens is 394 g/mol. The van der Waals surface area contributed by atoms with Gasteiger partial charge in [-0.2, -0.15) is 0 Å². The van der Waals surface area contributed by atoms with Crippen LogP contribution in [0.4, 0.5) is 11.4 Å². The minimum atomic E-state index is -0.155. The van der Waals surface area contributed by atoms with Crippen molar-refractivity contribution >= 4 is 23.2 Å². The summed E-state index contributed by atoms with van der Waals surface area (Å²) in [6, 6.07) is 14.6. The highest BCUT2D eigenvalue weighted by Gasteiger charge is 2.19. The van der Waals surface area contributed by atoms with Gasteiger partial charge in [0.2, 0.25) is 5.91 Å². The zero-order chi connectivity index (χ0) is 21.5. The number of anilines is 2. The van der Waals surface area contributed by atoms with Gasteiger partial charge in [0, 0.05) is 36.6 Å². The van der Waals surface area contributed by atoms with Crippen LogP contribution >= 0.6 is 0 Å². The molecule has 0 saturated carbocycles. The summed E-state index contributed by atoms with van der Waals surface area (Å²) in [6.07, 6.45) is 4.47. The Morgan fingerprint density at radius 3 is 2.35 bits per heavy atom. The molecule has 0 aromatic heterocycles. The Morgan fingerprint density at radius 1 is 0.968 bits per heavy atom. The number of rotatable bonds is 8. The van der Waals surface area contributed by atoms with Crippen molar-refractivity contribution in [1.29, 1.82) is 0 Å². The van der Waals surface area contributed by atoms with Gasteiger partial charge in [0.25, 0.3) is 5.91 Å². The summed E-state index contributed by atoms with van der Waals surface area (Å²) < 4.78 is 11.3. The van der Waals surface area contributed by atoms with Crippen LogP contribution in [0.3, 0.4) is 0 Å². The number of hydrogen-bond acceptors (Lipinski definition) is 5. The summed E-state index contributed by atoms with van der Waals surface area (Å²) in [5, 5.41) is 5.95. The van der Waals surface area contributed by atoms with Gasteiger partial charge >= 0.3 is 0 Å². The molecule has 164 valence electrons. The fourth-order valence-electron chi connectivity index (χ4n) is 3.82. The van der Waals surface area contributed by atoms with Gasteiger partial charge < -0.3 is 25.0 Å². The minimum absolute atomic E-state index is 0.0558. The van der Waals surface area contributed by atoms with E-state index in [4.69, 9.17) is 9.47 Å². The summed E-state index contributed by atoms with van der Waals surface area (Å²) in [4.78, 5) is 26.5. The fraction of sp³-hybridized carbons (Fsp3) is 0.417. The van der Waals surface area contributed by atoms with Crippen LogP contribution in [0.5, 0.6) is 5.75 Å². The van der Waals surface area contributed by atoms with Crippen LogP contribution in [-0.4, -0.2) is 55.7 Å². The molecule has 4 rings (SSSR count). The van der Waals surface area contributed by atoms with Gasteiger partial charge in [-0.15, -0.1) is 0 Å². The zero-order valence-electron chi connectivity index (χ0n) is 17.6. The third kappa shape index (κ3) is 5.98. The largest absolute Gasteiger partial charge is 0.491 e. The van der Waals surface area contributed by atoms with Crippen LogP contribution in [-0.2, 0) is 9.53 Å². The SMILES string of the molecule is O=C(CNc1ccc(OCC2CCCO2)cc1)Nc1ccc(C(=O)N2CCCC2)cc1. The van der Waals surface area contributed by atoms with Crippen LogP contribution < -0.4 is 15.4 Å². The molecule has 2 N–H and O–H groups in total. The monoisotopic (exact) mass is 423 g/mol. The second kappa shape index (κ2) is 10.3. The van der Waals surface area contributed by atoms with Gasteiger partial charge in [-0.3, -0.25) is 9.59 Å². The number of nitrogens with one attached hydrogen (secondary N) is 2. The highest BCUT2D eigenvalue weighted by Crippen LogP contribution is 2.19. The van der Waals surface area contributed by atoms with Crippen molar-refractivity contribution in [2.24, 2.45) is 0 Å². The zero-order valence-corrected chi connectivity index (χ0v) is 17.6. The molecule has 2 heterocycles. The lowest BCUT2D eigenvalue weighted by molar-refractivity contribution is -0.114. The van der Waals surface area contributed by atoms with Crippen molar-refractivity contribution in [3.05, 3.63) is 54.1 Å². The fourth-order valence-corrected chi connectivity index (χ4v) is 3.82. The molecule has 2 saturated heterocycles. The lowest BCUT2D eigenvalue weighted by atomic mass is 10.2. The third-order valence-corrected chi connectivity index (χ3v) is 5.58. The number of ether oxygens (including phenoxy) is 2. The first-order valence-corrected chi connectivity index (χ1v) is 10.9. The smallest absolute Gasteiger partial charge is 0.253 e. The molecule has 0 spiro atoms. The summed E-state index contributed by atoms with van der Waals surface area (Å²) in [5.41, 5.74) is 2.16. The standard InChI is InChI=1S/C24H29N3O4/c28-23(26-20-7-5-18(6-8-20)24(29)27-13-1-2-14-27)16-25-19-9-11-21(12-10-19)31-17-22-4-3-15-30-22/h5-12,22,25H,1-4,13-17H2,(H,26,28). The topological polar surface area (TPSA) is 79.9 Å². The van der Waals surface area contributed by atoms with Crippen molar-refractivity contribution in [1.82, 2.24) is 4.90 Å². The van der Waals surface area contributed by atoms with Gasteiger partial charge in [0.05, 0.1) is 12.6 Å². The first-order chi connectivity index (χ1) is 15.2. The van der Waals surface area contributed by atoms with Crippen molar-refractivity contribution in [3.63, 3.8) is 0 Å². The van der Waals surface area contributed by atoms with E-state index in [9.17, 15) is 9.59 Å². The van der Waals surface area contributed by atoms with E-state index < -0.39 is 0 Å². The first kappa shape index (κ1) is 21.2. The van der Waals surface area contributed by atoms with E-state index in [1.807, 2.05) is 29.2 Å². The lowest BCUT2D eigenvalue weighted by Crippen LogP contribution is -2.27. The molecule has 2 aliphatic rings. The summed E-state index contributed by atoms with van der Waals surface area (Å²) >= 11 is 0. The molecule has 0 bridgehead atoms. The van der Waals surface area contributed by atoms with Crippen LogP contribution in [0.25, 0.3) is 0 Å². The Labute approximate surface area is 182 Å². The summed E-state index contributed by atoms with van der Waals surface area (Å²) in [6.45, 7) is 3.18. The van der Waals surface area contributed by atoms with Crippen molar-refractivity contribution in [2.45, 2.75) is 31.8 Å². The van der Waals surface area contributed by atoms with Crippen LogP contribution in [0.15, 0.2) is 48.5 Å². The van der Waals surface area contributed by atoms with Gasteiger partial charge in [-0.1, -0.05) is 0 Å². The van der Waals surface area contributed by atoms with E-state index >= 15 is 0 Å². The van der Waals surface area contributed by atoms with Crippen molar-refractivity contribution in [3.8, 4) is 5.75 Å². The van der Waals surface area contributed by atoms with Gasteiger partial charge in [0.15, 0.2) is 0 Å². The van der Waals surface area contributed by atoms with Crippen LogP contribution in [0.1, 0.15) is 36.0 Å². The van der Waals surface area contributed by atoms with Crippen molar-refractivity contribution < 1.29 is 19.1 Å². The maximum Gasteiger partial charge on any atom is 0.253 e. The van der Waals surface area contributed by atoms with E-state index in [1.54, 1.807) is 24.3 Å². The maximum atomic E-state index is 12.4. The molecule has 1 unspecified atom stereocenters. The molecule has 2 aromatic rings. The molecule has 2 fully saturated rings. The highest BCUT2D eigenvalue weighted by molar-refractivity contribution is 5.96. The van der Waals surface area contributed by atoms with Crippen LogP contribution in [0, 0.1) is 0 Å². The lowest BCUT2D eigenvalue weighted by Gasteiger charge is -2.15. The normalized spacial score (nSPS) is 18.1. The van der Waals surface area contributed by atoms with Crippen molar-refractivity contribution in [2.75, 3.05) is 43.5 Å². The Balaban J connectivity index is 1.20. The van der Waals surface area contributed by atoms with E-state index in [1.165, 1.54) is 0 Å². The third-order valence-electron chi connectivity index (χ3n) is 5.58. The van der Waals surface area contributed by atoms with Crippen LogP contribution in [0.2, 0.25) is 0 Å². The second-order valence-electron chi connectivity index (χ2n) is 7.95. The van der Waals surface area contributed by atoms with E-state index in [0.29, 0.717) is 17.9 Å². The van der Waals surface area contributed by atoms with E-state index in [0.717, 1.165) is 56.8 Å². The predicted molar refractivity (Wildman–Crippen MR) is 120 cm³/mol. The average Bonchev–Trinajstić information content (AvgIpc) is 3.51. The number of carbonyl (C=O) groups excluding carboxylic acids is 2. The number of benzene rings is 2. The number of carbonyl (C=O) groups is 2. The molecule has 2 aliphatic heterocycles. The Kier molecular flexibility index (Phi) is 7.04. The predicted octanol–water partition coefficient (Wildman–Crippen LogP) is 3.53. The number of nitrogens with zero attached hydrogens (tertiary/aromatic N) is 1. The van der Waals surface area contributed by atoms with Gasteiger partial charge in [0.1, 0.15) is 12.4 Å². The Morgan fingerprint density at radius 2 is 1.68 bits per heavy atom. The molecule has 0 radical (unpaired) electrons. The van der Waals surface area contributed by atoms with Gasteiger partial charge in [-0.25, -0.2) is 0 Å². The molecule has 1 atom stereocenters. The number of hydrogen-bond donors (Lipinski definition) is 2. The summed E-state index contributed by atoms with van der Waals surface area (Å²) in [5.74, 6) is 0.687. The first-order valence-electron chi connectivity index (χ1n) is 10.9. The molecule has 7 nitrogen and oxygen atoms in total. The maximum absolute atomic E-state index is 12.4. The molecule has 31 heavy (non-hydrogen) atoms. The van der Waals surface area contributed by atoms with E-state index in [2.05, 4.69) is 10.6 Å². The number of amides is 2. The highest BCUT2D eigenvalue weighted by atomic mass is 16.5. The molecule has 0 aliphatic carbocycles. The average molecular weight is 424 g/mol. The molecule has 7 heteroatoms. The number of likely N-dealkylation sites (tertiary alicyclic amines) is 1. The molecule has 2 aromatic carbocycles. The molecular formula is C24H29N3O4. The molecule has 2 amide bonds. The Hall–Kier alpha value is -3.06.